The number of hydrogen-bond acceptors (Lipinski definition) is 4. The van der Waals surface area contributed by atoms with Crippen LogP contribution in [0.2, 0.25) is 0 Å². The highest BCUT2D eigenvalue weighted by Crippen LogP contribution is 2.12. The van der Waals surface area contributed by atoms with E-state index in [1.54, 1.807) is 24.1 Å². The maximum atomic E-state index is 12.5. The van der Waals surface area contributed by atoms with E-state index in [1.165, 1.54) is 11.1 Å². The van der Waals surface area contributed by atoms with Gasteiger partial charge in [0.25, 0.3) is 5.91 Å². The second-order valence-electron chi connectivity index (χ2n) is 6.22. The van der Waals surface area contributed by atoms with Crippen LogP contribution in [-0.2, 0) is 18.0 Å². The molecular weight excluding hydrogens is 304 g/mol. The second-order valence-corrected chi connectivity index (χ2v) is 6.22. The smallest absolute Gasteiger partial charge is 0.274 e. The first kappa shape index (κ1) is 16.7. The van der Waals surface area contributed by atoms with E-state index in [-0.39, 0.29) is 5.91 Å². The van der Waals surface area contributed by atoms with Gasteiger partial charge in [0.1, 0.15) is 12.4 Å². The van der Waals surface area contributed by atoms with Crippen LogP contribution in [0.15, 0.2) is 36.5 Å². The highest BCUT2D eigenvalue weighted by Gasteiger charge is 2.23. The molecule has 0 N–H and O–H groups in total. The Morgan fingerprint density at radius 3 is 2.71 bits per heavy atom. The normalized spacial score (nSPS) is 15.7. The molecule has 0 saturated carbocycles. The molecule has 6 heteroatoms. The highest BCUT2D eigenvalue weighted by atomic mass is 16.5. The summed E-state index contributed by atoms with van der Waals surface area (Å²) in [6.45, 7) is 6.66. The number of hydrogen-bond donors (Lipinski definition) is 0. The molecule has 3 rings (SSSR count). The number of ether oxygens (including phenoxy) is 1. The van der Waals surface area contributed by atoms with Gasteiger partial charge in [0.05, 0.1) is 0 Å². The lowest BCUT2D eigenvalue weighted by atomic mass is 10.1. The van der Waals surface area contributed by atoms with E-state index in [2.05, 4.69) is 41.2 Å². The van der Waals surface area contributed by atoms with Crippen LogP contribution in [0.3, 0.4) is 0 Å². The van der Waals surface area contributed by atoms with Crippen LogP contribution in [0, 0.1) is 6.92 Å². The third-order valence-corrected chi connectivity index (χ3v) is 4.27. The van der Waals surface area contributed by atoms with Crippen molar-refractivity contribution >= 4 is 5.91 Å². The Morgan fingerprint density at radius 2 is 2.00 bits per heavy atom. The van der Waals surface area contributed by atoms with Crippen molar-refractivity contribution in [3.05, 3.63) is 53.3 Å². The highest BCUT2D eigenvalue weighted by molar-refractivity contribution is 5.92. The Morgan fingerprint density at radius 1 is 1.21 bits per heavy atom. The molecule has 2 aromatic rings. The number of rotatable bonds is 5. The van der Waals surface area contributed by atoms with Crippen LogP contribution in [0.5, 0.6) is 0 Å². The number of aromatic nitrogens is 2. The van der Waals surface area contributed by atoms with Crippen LogP contribution < -0.4 is 0 Å². The lowest BCUT2D eigenvalue weighted by molar-refractivity contribution is 0.0618. The molecule has 1 fully saturated rings. The standard InChI is InChI=1S/C18H24N4O2/c1-15-4-3-5-16(12-15)13-20-8-10-21(11-9-20)18(23)17-6-7-22(19-17)14-24-2/h3-7,12H,8-11,13-14H2,1-2H3. The Balaban J connectivity index is 1.53. The monoisotopic (exact) mass is 328 g/mol. The molecule has 1 saturated heterocycles. The van der Waals surface area contributed by atoms with Crippen LogP contribution in [0.4, 0.5) is 0 Å². The largest absolute Gasteiger partial charge is 0.362 e. The van der Waals surface area contributed by atoms with Gasteiger partial charge < -0.3 is 9.64 Å². The molecule has 1 aliphatic rings. The second kappa shape index (κ2) is 7.59. The van der Waals surface area contributed by atoms with Crippen LogP contribution in [0.1, 0.15) is 21.6 Å². The van der Waals surface area contributed by atoms with Crippen molar-refractivity contribution in [2.45, 2.75) is 20.2 Å². The Kier molecular flexibility index (Phi) is 5.27. The van der Waals surface area contributed by atoms with Crippen molar-refractivity contribution in [2.24, 2.45) is 0 Å². The van der Waals surface area contributed by atoms with E-state index in [0.717, 1.165) is 32.7 Å². The van der Waals surface area contributed by atoms with Gasteiger partial charge in [-0.25, -0.2) is 4.68 Å². The maximum Gasteiger partial charge on any atom is 0.274 e. The minimum Gasteiger partial charge on any atom is -0.362 e. The average Bonchev–Trinajstić information content (AvgIpc) is 3.04. The Labute approximate surface area is 142 Å². The SMILES string of the molecule is COCn1ccc(C(=O)N2CCN(Cc3cccc(C)c3)CC2)n1. The van der Waals surface area contributed by atoms with Gasteiger partial charge in [0, 0.05) is 46.0 Å². The molecule has 1 aromatic heterocycles. The van der Waals surface area contributed by atoms with Crippen LogP contribution in [0.25, 0.3) is 0 Å². The van der Waals surface area contributed by atoms with E-state index in [9.17, 15) is 4.79 Å². The fourth-order valence-corrected chi connectivity index (χ4v) is 3.02. The third-order valence-electron chi connectivity index (χ3n) is 4.27. The summed E-state index contributed by atoms with van der Waals surface area (Å²) in [6, 6.07) is 10.3. The van der Waals surface area contributed by atoms with Crippen molar-refractivity contribution in [3.8, 4) is 0 Å². The van der Waals surface area contributed by atoms with E-state index >= 15 is 0 Å². The lowest BCUT2D eigenvalue weighted by Gasteiger charge is -2.34. The number of piperazine rings is 1. The summed E-state index contributed by atoms with van der Waals surface area (Å²) in [6.07, 6.45) is 1.77. The molecule has 1 aromatic carbocycles. The van der Waals surface area contributed by atoms with Gasteiger partial charge in [0.15, 0.2) is 0 Å². The minimum absolute atomic E-state index is 0.0000543. The first-order valence-electron chi connectivity index (χ1n) is 8.25. The quantitative estimate of drug-likeness (QED) is 0.839. The van der Waals surface area contributed by atoms with E-state index in [4.69, 9.17) is 4.74 Å². The molecule has 1 aliphatic heterocycles. The number of amides is 1. The van der Waals surface area contributed by atoms with E-state index < -0.39 is 0 Å². The van der Waals surface area contributed by atoms with Gasteiger partial charge in [-0.15, -0.1) is 0 Å². The topological polar surface area (TPSA) is 50.6 Å². The summed E-state index contributed by atoms with van der Waals surface area (Å²) < 4.78 is 6.64. The molecule has 24 heavy (non-hydrogen) atoms. The van der Waals surface area contributed by atoms with Crippen molar-refractivity contribution in [1.82, 2.24) is 19.6 Å². The minimum atomic E-state index is 0.0000543. The van der Waals surface area contributed by atoms with Gasteiger partial charge in [-0.1, -0.05) is 29.8 Å². The number of nitrogens with zero attached hydrogens (tertiary/aromatic N) is 4. The molecule has 0 spiro atoms. The van der Waals surface area contributed by atoms with Gasteiger partial charge in [-0.2, -0.15) is 5.10 Å². The molecule has 0 unspecified atom stereocenters. The first-order chi connectivity index (χ1) is 11.7. The lowest BCUT2D eigenvalue weighted by Crippen LogP contribution is -2.48. The van der Waals surface area contributed by atoms with Crippen molar-refractivity contribution in [3.63, 3.8) is 0 Å². The van der Waals surface area contributed by atoms with Crippen LogP contribution >= 0.6 is 0 Å². The summed E-state index contributed by atoms with van der Waals surface area (Å²) in [5.41, 5.74) is 3.10. The molecule has 0 aliphatic carbocycles. The fraction of sp³-hybridized carbons (Fsp3) is 0.444. The van der Waals surface area contributed by atoms with Crippen molar-refractivity contribution < 1.29 is 9.53 Å². The third kappa shape index (κ3) is 4.01. The number of aryl methyl sites for hydroxylation is 1. The molecule has 0 atom stereocenters. The van der Waals surface area contributed by atoms with Gasteiger partial charge >= 0.3 is 0 Å². The molecule has 0 radical (unpaired) electrons. The summed E-state index contributed by atoms with van der Waals surface area (Å²) in [5, 5.41) is 4.26. The molecule has 0 bridgehead atoms. The molecule has 2 heterocycles. The van der Waals surface area contributed by atoms with Crippen molar-refractivity contribution in [2.75, 3.05) is 33.3 Å². The van der Waals surface area contributed by atoms with E-state index in [0.29, 0.717) is 12.4 Å². The number of carbonyl (C=O) groups is 1. The first-order valence-corrected chi connectivity index (χ1v) is 8.25. The fourth-order valence-electron chi connectivity index (χ4n) is 3.02. The van der Waals surface area contributed by atoms with Gasteiger partial charge in [-0.3, -0.25) is 9.69 Å². The van der Waals surface area contributed by atoms with Crippen molar-refractivity contribution in [1.29, 1.82) is 0 Å². The molecule has 1 amide bonds. The van der Waals surface area contributed by atoms with Gasteiger partial charge in [0.2, 0.25) is 0 Å². The number of carbonyl (C=O) groups excluding carboxylic acids is 1. The Hall–Kier alpha value is -2.18. The van der Waals surface area contributed by atoms with Crippen LogP contribution in [-0.4, -0.2) is 58.8 Å². The predicted octanol–water partition coefficient (Wildman–Crippen LogP) is 1.75. The zero-order valence-corrected chi connectivity index (χ0v) is 14.3. The summed E-state index contributed by atoms with van der Waals surface area (Å²) >= 11 is 0. The molecular formula is C18H24N4O2. The number of methoxy groups -OCH3 is 1. The van der Waals surface area contributed by atoms with Gasteiger partial charge in [-0.05, 0) is 18.6 Å². The number of benzene rings is 1. The Bertz CT molecular complexity index is 690. The summed E-state index contributed by atoms with van der Waals surface area (Å²) in [7, 11) is 1.61. The summed E-state index contributed by atoms with van der Waals surface area (Å²) in [5.74, 6) is 0.0000543. The molecule has 128 valence electrons. The van der Waals surface area contributed by atoms with E-state index in [1.807, 2.05) is 4.90 Å². The average molecular weight is 328 g/mol. The maximum absolute atomic E-state index is 12.5. The zero-order chi connectivity index (χ0) is 16.9. The zero-order valence-electron chi connectivity index (χ0n) is 14.3. The molecule has 6 nitrogen and oxygen atoms in total. The summed E-state index contributed by atoms with van der Waals surface area (Å²) in [4.78, 5) is 16.8. The predicted molar refractivity (Wildman–Crippen MR) is 91.6 cm³/mol.